The molecule has 1 unspecified atom stereocenters. The van der Waals surface area contributed by atoms with E-state index in [1.54, 1.807) is 23.1 Å². The van der Waals surface area contributed by atoms with Crippen LogP contribution in [0.4, 0.5) is 0 Å². The minimum absolute atomic E-state index is 0.696. The van der Waals surface area contributed by atoms with E-state index < -0.39 is 6.10 Å². The van der Waals surface area contributed by atoms with Crippen LogP contribution < -0.4 is 0 Å². The summed E-state index contributed by atoms with van der Waals surface area (Å²) in [4.78, 5) is 4.07. The Kier molecular flexibility index (Phi) is 2.57. The van der Waals surface area contributed by atoms with Crippen molar-refractivity contribution in [2.75, 3.05) is 0 Å². The first-order valence-corrected chi connectivity index (χ1v) is 5.78. The molecule has 0 saturated carbocycles. The van der Waals surface area contributed by atoms with Crippen LogP contribution in [0.25, 0.3) is 5.52 Å². The number of fused-ring (bicyclic) bond motifs is 1. The van der Waals surface area contributed by atoms with Gasteiger partial charge in [0.1, 0.15) is 6.10 Å². The van der Waals surface area contributed by atoms with E-state index in [0.717, 1.165) is 22.2 Å². The number of hydrogen-bond acceptors (Lipinski definition) is 3. The summed E-state index contributed by atoms with van der Waals surface area (Å²) >= 11 is 0. The van der Waals surface area contributed by atoms with Crippen LogP contribution in [0.1, 0.15) is 22.8 Å². The van der Waals surface area contributed by atoms with Crippen molar-refractivity contribution in [2.45, 2.75) is 13.0 Å². The number of aromatic nitrogens is 3. The maximum absolute atomic E-state index is 10.5. The normalized spacial score (nSPS) is 12.8. The molecular formula is C14H13N3O. The van der Waals surface area contributed by atoms with Gasteiger partial charge in [0, 0.05) is 29.7 Å². The zero-order valence-electron chi connectivity index (χ0n) is 9.99. The fourth-order valence-corrected chi connectivity index (χ4v) is 2.09. The summed E-state index contributed by atoms with van der Waals surface area (Å²) in [5.41, 5.74) is 3.55. The minimum Gasteiger partial charge on any atom is -0.383 e. The van der Waals surface area contributed by atoms with Gasteiger partial charge in [-0.2, -0.15) is 5.10 Å². The summed E-state index contributed by atoms with van der Waals surface area (Å²) in [7, 11) is 0. The van der Waals surface area contributed by atoms with Crippen LogP contribution in [0.3, 0.4) is 0 Å². The average Bonchev–Trinajstić information content (AvgIpc) is 2.82. The third-order valence-corrected chi connectivity index (χ3v) is 3.13. The van der Waals surface area contributed by atoms with E-state index in [9.17, 15) is 5.11 Å². The Morgan fingerprint density at radius 1 is 1.17 bits per heavy atom. The molecule has 3 aromatic heterocycles. The van der Waals surface area contributed by atoms with Gasteiger partial charge in [0.15, 0.2) is 0 Å². The molecule has 4 heteroatoms. The van der Waals surface area contributed by atoms with Crippen molar-refractivity contribution < 1.29 is 5.11 Å². The molecule has 90 valence electrons. The van der Waals surface area contributed by atoms with E-state index in [-0.39, 0.29) is 0 Å². The highest BCUT2D eigenvalue weighted by Crippen LogP contribution is 2.26. The zero-order valence-corrected chi connectivity index (χ0v) is 9.99. The lowest BCUT2D eigenvalue weighted by molar-refractivity contribution is 0.220. The van der Waals surface area contributed by atoms with Crippen molar-refractivity contribution in [3.05, 3.63) is 65.7 Å². The quantitative estimate of drug-likeness (QED) is 0.745. The molecule has 0 bridgehead atoms. The molecule has 4 nitrogen and oxygen atoms in total. The minimum atomic E-state index is -0.696. The van der Waals surface area contributed by atoms with Gasteiger partial charge in [0.05, 0.1) is 11.7 Å². The Bertz CT molecular complexity index is 690. The number of aliphatic hydroxyl groups excluding tert-OH is 1. The van der Waals surface area contributed by atoms with Crippen LogP contribution >= 0.6 is 0 Å². The second-order valence-corrected chi connectivity index (χ2v) is 4.27. The molecule has 0 aliphatic heterocycles. The standard InChI is InChI=1S/C14H13N3O/c1-10-5-6-15-8-11(10)14(18)12-9-16-17-7-3-2-4-13(12)17/h2-9,14,18H,1H3. The fraction of sp³-hybridized carbons (Fsp3) is 0.143. The Balaban J connectivity index is 2.13. The molecule has 0 aliphatic rings. The smallest absolute Gasteiger partial charge is 0.109 e. The first-order chi connectivity index (χ1) is 8.77. The van der Waals surface area contributed by atoms with Crippen molar-refractivity contribution in [1.29, 1.82) is 0 Å². The summed E-state index contributed by atoms with van der Waals surface area (Å²) in [6.45, 7) is 1.96. The van der Waals surface area contributed by atoms with Crippen LogP contribution in [0.15, 0.2) is 49.1 Å². The molecule has 3 aromatic rings. The molecule has 0 saturated heterocycles. The number of pyridine rings is 2. The van der Waals surface area contributed by atoms with Crippen LogP contribution in [-0.2, 0) is 0 Å². The number of aliphatic hydroxyl groups is 1. The summed E-state index contributed by atoms with van der Waals surface area (Å²) < 4.78 is 1.75. The molecule has 0 aliphatic carbocycles. The second-order valence-electron chi connectivity index (χ2n) is 4.27. The molecule has 3 heterocycles. The second kappa shape index (κ2) is 4.23. The van der Waals surface area contributed by atoms with E-state index in [4.69, 9.17) is 0 Å². The highest BCUT2D eigenvalue weighted by atomic mass is 16.3. The van der Waals surface area contributed by atoms with E-state index in [1.807, 2.05) is 37.4 Å². The fourth-order valence-electron chi connectivity index (χ4n) is 2.09. The van der Waals surface area contributed by atoms with Gasteiger partial charge in [-0.05, 0) is 30.7 Å². The van der Waals surface area contributed by atoms with E-state index in [1.165, 1.54) is 0 Å². The summed E-state index contributed by atoms with van der Waals surface area (Å²) in [6.07, 6.45) is 6.29. The van der Waals surface area contributed by atoms with Gasteiger partial charge in [0.25, 0.3) is 0 Å². The molecule has 1 atom stereocenters. The summed E-state index contributed by atoms with van der Waals surface area (Å²) in [6, 6.07) is 7.68. The van der Waals surface area contributed by atoms with Crippen molar-refractivity contribution in [3.8, 4) is 0 Å². The Morgan fingerprint density at radius 2 is 2.06 bits per heavy atom. The summed E-state index contributed by atoms with van der Waals surface area (Å²) in [5, 5.41) is 14.7. The van der Waals surface area contributed by atoms with E-state index >= 15 is 0 Å². The van der Waals surface area contributed by atoms with Crippen molar-refractivity contribution in [2.24, 2.45) is 0 Å². The molecule has 0 spiro atoms. The number of rotatable bonds is 2. The first kappa shape index (κ1) is 10.9. The maximum atomic E-state index is 10.5. The predicted octanol–water partition coefficient (Wildman–Crippen LogP) is 2.12. The molecule has 3 rings (SSSR count). The van der Waals surface area contributed by atoms with Gasteiger partial charge in [-0.15, -0.1) is 0 Å². The van der Waals surface area contributed by atoms with Crippen molar-refractivity contribution >= 4 is 5.52 Å². The van der Waals surface area contributed by atoms with E-state index in [0.29, 0.717) is 0 Å². The molecule has 1 N–H and O–H groups in total. The Hall–Kier alpha value is -2.20. The lowest BCUT2D eigenvalue weighted by Gasteiger charge is -2.11. The number of hydrogen-bond donors (Lipinski definition) is 1. The van der Waals surface area contributed by atoms with Crippen molar-refractivity contribution in [1.82, 2.24) is 14.6 Å². The van der Waals surface area contributed by atoms with Crippen LogP contribution in [-0.4, -0.2) is 19.7 Å². The first-order valence-electron chi connectivity index (χ1n) is 5.78. The Morgan fingerprint density at radius 3 is 2.89 bits per heavy atom. The predicted molar refractivity (Wildman–Crippen MR) is 68.2 cm³/mol. The summed E-state index contributed by atoms with van der Waals surface area (Å²) in [5.74, 6) is 0. The topological polar surface area (TPSA) is 50.4 Å². The molecule has 18 heavy (non-hydrogen) atoms. The van der Waals surface area contributed by atoms with E-state index in [2.05, 4.69) is 10.1 Å². The SMILES string of the molecule is Cc1ccncc1C(O)c1cnn2ccccc12. The molecule has 0 fully saturated rings. The van der Waals surface area contributed by atoms with Gasteiger partial charge in [-0.25, -0.2) is 4.52 Å². The van der Waals surface area contributed by atoms with Gasteiger partial charge < -0.3 is 5.11 Å². The monoisotopic (exact) mass is 239 g/mol. The highest BCUT2D eigenvalue weighted by Gasteiger charge is 2.17. The number of aryl methyl sites for hydroxylation is 1. The van der Waals surface area contributed by atoms with Gasteiger partial charge in [-0.1, -0.05) is 6.07 Å². The third-order valence-electron chi connectivity index (χ3n) is 3.13. The van der Waals surface area contributed by atoms with Gasteiger partial charge in [0.2, 0.25) is 0 Å². The van der Waals surface area contributed by atoms with Crippen LogP contribution in [0.5, 0.6) is 0 Å². The molecule has 0 aromatic carbocycles. The number of nitrogens with zero attached hydrogens (tertiary/aromatic N) is 3. The molecule has 0 radical (unpaired) electrons. The van der Waals surface area contributed by atoms with Gasteiger partial charge in [-0.3, -0.25) is 4.98 Å². The lowest BCUT2D eigenvalue weighted by Crippen LogP contribution is -2.02. The molecule has 0 amide bonds. The third kappa shape index (κ3) is 1.67. The van der Waals surface area contributed by atoms with Gasteiger partial charge >= 0.3 is 0 Å². The molecular weight excluding hydrogens is 226 g/mol. The highest BCUT2D eigenvalue weighted by molar-refractivity contribution is 5.56. The largest absolute Gasteiger partial charge is 0.383 e. The lowest BCUT2D eigenvalue weighted by atomic mass is 10.0. The zero-order chi connectivity index (χ0) is 12.5. The van der Waals surface area contributed by atoms with Crippen molar-refractivity contribution in [3.63, 3.8) is 0 Å². The maximum Gasteiger partial charge on any atom is 0.109 e. The van der Waals surface area contributed by atoms with Crippen LogP contribution in [0.2, 0.25) is 0 Å². The Labute approximate surface area is 105 Å². The van der Waals surface area contributed by atoms with Crippen LogP contribution in [0, 0.1) is 6.92 Å². The average molecular weight is 239 g/mol.